The lowest BCUT2D eigenvalue weighted by Gasteiger charge is -2.06. The summed E-state index contributed by atoms with van der Waals surface area (Å²) in [6.07, 6.45) is -4.38. The van der Waals surface area contributed by atoms with Crippen LogP contribution in [0.15, 0.2) is 78.9 Å². The number of para-hydroxylation sites is 2. The maximum Gasteiger partial charge on any atom is 0.416 e. The van der Waals surface area contributed by atoms with Crippen LogP contribution in [-0.2, 0) is 6.18 Å². The number of nitrogens with zero attached hydrogens (tertiary/aromatic N) is 2. The molecule has 148 valence electrons. The Labute approximate surface area is 169 Å². The minimum absolute atomic E-state index is 0.470. The fourth-order valence-electron chi connectivity index (χ4n) is 3.37. The van der Waals surface area contributed by atoms with E-state index in [-0.39, 0.29) is 0 Å². The van der Waals surface area contributed by atoms with Crippen molar-refractivity contribution in [2.45, 2.75) is 6.18 Å². The second-order valence-electron chi connectivity index (χ2n) is 6.85. The first-order valence-electron chi connectivity index (χ1n) is 9.27. The second kappa shape index (κ2) is 6.88. The van der Waals surface area contributed by atoms with Gasteiger partial charge in [0.05, 0.1) is 16.6 Å². The zero-order chi connectivity index (χ0) is 20.7. The summed E-state index contributed by atoms with van der Waals surface area (Å²) in [5, 5.41) is 0. The Hall–Kier alpha value is -3.87. The fraction of sp³-hybridized carbons (Fsp3) is 0.0435. The van der Waals surface area contributed by atoms with E-state index in [0.717, 1.165) is 28.7 Å². The monoisotopic (exact) mass is 404 g/mol. The van der Waals surface area contributed by atoms with Crippen LogP contribution < -0.4 is 0 Å². The predicted octanol–water partition coefficient (Wildman–Crippen LogP) is 6.31. The molecule has 0 aliphatic heterocycles. The van der Waals surface area contributed by atoms with Gasteiger partial charge in [0, 0.05) is 11.1 Å². The van der Waals surface area contributed by atoms with Gasteiger partial charge in [-0.2, -0.15) is 13.2 Å². The highest BCUT2D eigenvalue weighted by Crippen LogP contribution is 2.34. The highest BCUT2D eigenvalue weighted by Gasteiger charge is 2.30. The van der Waals surface area contributed by atoms with Crippen molar-refractivity contribution in [1.82, 2.24) is 19.9 Å². The second-order valence-corrected chi connectivity index (χ2v) is 6.85. The Morgan fingerprint density at radius 3 is 2.03 bits per heavy atom. The Morgan fingerprint density at radius 2 is 1.33 bits per heavy atom. The number of aromatic amines is 2. The molecule has 5 rings (SSSR count). The molecule has 2 N–H and O–H groups in total. The van der Waals surface area contributed by atoms with Gasteiger partial charge in [0.25, 0.3) is 0 Å². The summed E-state index contributed by atoms with van der Waals surface area (Å²) in [5.74, 6) is 1.08. The minimum Gasteiger partial charge on any atom is -0.337 e. The highest BCUT2D eigenvalue weighted by molar-refractivity contribution is 5.84. The molecule has 0 amide bonds. The molecule has 3 aromatic carbocycles. The molecule has 0 saturated carbocycles. The van der Waals surface area contributed by atoms with Crippen molar-refractivity contribution >= 4 is 11.0 Å². The van der Waals surface area contributed by atoms with E-state index in [1.807, 2.05) is 54.6 Å². The van der Waals surface area contributed by atoms with Gasteiger partial charge in [-0.1, -0.05) is 54.6 Å². The zero-order valence-corrected chi connectivity index (χ0v) is 15.5. The lowest BCUT2D eigenvalue weighted by molar-refractivity contribution is -0.137. The minimum atomic E-state index is -4.38. The number of rotatable bonds is 3. The van der Waals surface area contributed by atoms with Crippen LogP contribution in [0.25, 0.3) is 45.2 Å². The molecule has 0 bridgehead atoms. The van der Waals surface area contributed by atoms with Crippen molar-refractivity contribution in [3.63, 3.8) is 0 Å². The van der Waals surface area contributed by atoms with Crippen LogP contribution in [-0.4, -0.2) is 19.9 Å². The van der Waals surface area contributed by atoms with Crippen LogP contribution in [0, 0.1) is 0 Å². The molecule has 0 fully saturated rings. The van der Waals surface area contributed by atoms with Gasteiger partial charge in [0.15, 0.2) is 5.82 Å². The lowest BCUT2D eigenvalue weighted by Crippen LogP contribution is -2.04. The average molecular weight is 404 g/mol. The number of fused-ring (bicyclic) bond motifs is 1. The number of imidazole rings is 2. The number of halogens is 3. The van der Waals surface area contributed by atoms with E-state index in [1.165, 1.54) is 12.1 Å². The third kappa shape index (κ3) is 3.24. The van der Waals surface area contributed by atoms with Crippen molar-refractivity contribution in [2.24, 2.45) is 0 Å². The maximum atomic E-state index is 12.9. The van der Waals surface area contributed by atoms with E-state index >= 15 is 0 Å². The Bertz CT molecular complexity index is 1280. The predicted molar refractivity (Wildman–Crippen MR) is 110 cm³/mol. The lowest BCUT2D eigenvalue weighted by atomic mass is 10.1. The maximum absolute atomic E-state index is 12.9. The van der Waals surface area contributed by atoms with E-state index in [1.54, 1.807) is 0 Å². The molecule has 0 radical (unpaired) electrons. The van der Waals surface area contributed by atoms with Gasteiger partial charge in [-0.05, 0) is 24.3 Å². The molecular formula is C23H15F3N4. The van der Waals surface area contributed by atoms with Crippen molar-refractivity contribution in [2.75, 3.05) is 0 Å². The quantitative estimate of drug-likeness (QED) is 0.370. The van der Waals surface area contributed by atoms with Crippen molar-refractivity contribution in [3.8, 4) is 34.2 Å². The van der Waals surface area contributed by atoms with E-state index in [4.69, 9.17) is 4.98 Å². The normalized spacial score (nSPS) is 11.8. The van der Waals surface area contributed by atoms with Gasteiger partial charge in [0.1, 0.15) is 17.2 Å². The number of benzene rings is 3. The Kier molecular flexibility index (Phi) is 4.17. The molecule has 30 heavy (non-hydrogen) atoms. The van der Waals surface area contributed by atoms with E-state index < -0.39 is 11.7 Å². The molecule has 0 aliphatic carbocycles. The molecule has 0 saturated heterocycles. The number of hydrogen-bond donors (Lipinski definition) is 2. The molecule has 7 heteroatoms. The molecule has 5 aromatic rings. The first-order valence-corrected chi connectivity index (χ1v) is 9.27. The molecule has 0 unspecified atom stereocenters. The van der Waals surface area contributed by atoms with Crippen molar-refractivity contribution in [3.05, 3.63) is 84.4 Å². The Morgan fingerprint density at radius 1 is 0.633 bits per heavy atom. The van der Waals surface area contributed by atoms with Crippen LogP contribution in [0.3, 0.4) is 0 Å². The molecule has 0 spiro atoms. The number of alkyl halides is 3. The van der Waals surface area contributed by atoms with Gasteiger partial charge < -0.3 is 9.97 Å². The summed E-state index contributed by atoms with van der Waals surface area (Å²) in [6, 6.07) is 22.2. The third-order valence-electron chi connectivity index (χ3n) is 4.86. The molecule has 0 atom stereocenters. The SMILES string of the molecule is FC(F)(F)c1ccc(-c2nc(-c3ccccc3)c(-c3nc4ccccc4[nH]3)[nH]2)cc1. The number of H-pyrrole nitrogens is 2. The standard InChI is InChI=1S/C23H15F3N4/c24-23(25,26)16-12-10-15(11-13-16)21-29-19(14-6-2-1-3-7-14)20(30-21)22-27-17-8-4-5-9-18(17)28-22/h1-13H,(H,27,28)(H,29,30). The van der Waals surface area contributed by atoms with Gasteiger partial charge >= 0.3 is 6.18 Å². The van der Waals surface area contributed by atoms with Gasteiger partial charge in [0.2, 0.25) is 0 Å². The topological polar surface area (TPSA) is 57.4 Å². The number of nitrogens with one attached hydrogen (secondary N) is 2. The third-order valence-corrected chi connectivity index (χ3v) is 4.86. The van der Waals surface area contributed by atoms with Crippen molar-refractivity contribution < 1.29 is 13.2 Å². The van der Waals surface area contributed by atoms with E-state index in [2.05, 4.69) is 15.0 Å². The smallest absolute Gasteiger partial charge is 0.337 e. The largest absolute Gasteiger partial charge is 0.416 e. The number of hydrogen-bond acceptors (Lipinski definition) is 2. The van der Waals surface area contributed by atoms with Crippen LogP contribution in [0.4, 0.5) is 13.2 Å². The van der Waals surface area contributed by atoms with E-state index in [0.29, 0.717) is 28.6 Å². The van der Waals surface area contributed by atoms with Gasteiger partial charge in [-0.25, -0.2) is 9.97 Å². The van der Waals surface area contributed by atoms with Crippen LogP contribution >= 0.6 is 0 Å². The van der Waals surface area contributed by atoms with Crippen LogP contribution in [0.1, 0.15) is 5.56 Å². The van der Waals surface area contributed by atoms with E-state index in [9.17, 15) is 13.2 Å². The molecule has 2 heterocycles. The highest BCUT2D eigenvalue weighted by atomic mass is 19.4. The summed E-state index contributed by atoms with van der Waals surface area (Å²) in [7, 11) is 0. The summed E-state index contributed by atoms with van der Waals surface area (Å²) in [5.41, 5.74) is 3.79. The first kappa shape index (κ1) is 18.2. The molecular weight excluding hydrogens is 389 g/mol. The molecule has 0 aliphatic rings. The average Bonchev–Trinajstić information content (AvgIpc) is 3.38. The number of aromatic nitrogens is 4. The summed E-state index contributed by atoms with van der Waals surface area (Å²) < 4.78 is 38.7. The first-order chi connectivity index (χ1) is 14.5. The fourth-order valence-corrected chi connectivity index (χ4v) is 3.37. The zero-order valence-electron chi connectivity index (χ0n) is 15.5. The molecule has 2 aromatic heterocycles. The van der Waals surface area contributed by atoms with Crippen molar-refractivity contribution in [1.29, 1.82) is 0 Å². The summed E-state index contributed by atoms with van der Waals surface area (Å²) in [4.78, 5) is 15.9. The van der Waals surface area contributed by atoms with Crippen LogP contribution in [0.2, 0.25) is 0 Å². The Balaban J connectivity index is 1.65. The van der Waals surface area contributed by atoms with Crippen LogP contribution in [0.5, 0.6) is 0 Å². The van der Waals surface area contributed by atoms with Gasteiger partial charge in [-0.15, -0.1) is 0 Å². The van der Waals surface area contributed by atoms with Gasteiger partial charge in [-0.3, -0.25) is 0 Å². The molecule has 4 nitrogen and oxygen atoms in total. The summed E-state index contributed by atoms with van der Waals surface area (Å²) in [6.45, 7) is 0. The summed E-state index contributed by atoms with van der Waals surface area (Å²) >= 11 is 0.